The standard InChI is InChI=1S/C16H20ClNO3.CH2O/c1-16(2)20-10-14(21-16)15(19)18-8-4-7-13(18)11-5-3-6-12(17)9-11;1-2/h3,5-6,9,13-14H,4,7-8,10H2,1-2H3;1H2/t13?,14-;/m1./s1. The van der Waals surface area contributed by atoms with Gasteiger partial charge in [0.15, 0.2) is 11.9 Å². The molecule has 0 radical (unpaired) electrons. The Balaban J connectivity index is 0.000000924. The molecule has 1 aromatic carbocycles. The molecular formula is C17H22ClNO4. The highest BCUT2D eigenvalue weighted by Gasteiger charge is 2.41. The summed E-state index contributed by atoms with van der Waals surface area (Å²) in [5.41, 5.74) is 1.09. The van der Waals surface area contributed by atoms with E-state index in [1.54, 1.807) is 0 Å². The third kappa shape index (κ3) is 4.10. The molecule has 0 spiro atoms. The molecule has 2 aliphatic rings. The lowest BCUT2D eigenvalue weighted by atomic mass is 10.0. The fraction of sp³-hybridized carbons (Fsp3) is 0.529. The van der Waals surface area contributed by atoms with E-state index >= 15 is 0 Å². The van der Waals surface area contributed by atoms with Crippen molar-refractivity contribution in [3.8, 4) is 0 Å². The van der Waals surface area contributed by atoms with Crippen molar-refractivity contribution in [3.05, 3.63) is 34.9 Å². The summed E-state index contributed by atoms with van der Waals surface area (Å²) in [7, 11) is 0. The van der Waals surface area contributed by atoms with E-state index in [9.17, 15) is 4.79 Å². The van der Waals surface area contributed by atoms with Crippen molar-refractivity contribution in [2.45, 2.75) is 44.6 Å². The van der Waals surface area contributed by atoms with Gasteiger partial charge in [0.1, 0.15) is 6.79 Å². The first-order chi connectivity index (χ1) is 11.0. The summed E-state index contributed by atoms with van der Waals surface area (Å²) in [6.07, 6.45) is 1.46. The third-order valence-corrected chi connectivity index (χ3v) is 4.29. The predicted octanol–water partition coefficient (Wildman–Crippen LogP) is 2.97. The molecule has 0 aliphatic carbocycles. The molecule has 3 rings (SSSR count). The molecule has 2 saturated heterocycles. The number of carbonyl (C=O) groups excluding carboxylic acids is 2. The Morgan fingerprint density at radius 1 is 1.39 bits per heavy atom. The predicted molar refractivity (Wildman–Crippen MR) is 87.2 cm³/mol. The molecule has 2 atom stereocenters. The smallest absolute Gasteiger partial charge is 0.254 e. The second-order valence-electron chi connectivity index (χ2n) is 6.06. The van der Waals surface area contributed by atoms with Crippen LogP contribution in [0.2, 0.25) is 5.02 Å². The van der Waals surface area contributed by atoms with Crippen LogP contribution in [-0.4, -0.2) is 42.6 Å². The van der Waals surface area contributed by atoms with Gasteiger partial charge in [0.25, 0.3) is 5.91 Å². The molecule has 0 N–H and O–H groups in total. The topological polar surface area (TPSA) is 55.8 Å². The number of ether oxygens (including phenoxy) is 2. The van der Waals surface area contributed by atoms with Crippen LogP contribution in [0.4, 0.5) is 0 Å². The Bertz CT molecular complexity index is 563. The zero-order valence-electron chi connectivity index (χ0n) is 13.5. The van der Waals surface area contributed by atoms with Crippen molar-refractivity contribution in [3.63, 3.8) is 0 Å². The fourth-order valence-corrected chi connectivity index (χ4v) is 3.28. The number of hydrogen-bond acceptors (Lipinski definition) is 4. The van der Waals surface area contributed by atoms with Gasteiger partial charge in [-0.05, 0) is 44.4 Å². The van der Waals surface area contributed by atoms with Gasteiger partial charge in [-0.15, -0.1) is 0 Å². The van der Waals surface area contributed by atoms with Crippen LogP contribution in [0, 0.1) is 0 Å². The van der Waals surface area contributed by atoms with Gasteiger partial charge in [0, 0.05) is 11.6 Å². The van der Waals surface area contributed by atoms with Gasteiger partial charge < -0.3 is 19.2 Å². The maximum absolute atomic E-state index is 12.7. The minimum Gasteiger partial charge on any atom is -0.347 e. The number of likely N-dealkylation sites (tertiary alicyclic amines) is 1. The lowest BCUT2D eigenvalue weighted by Crippen LogP contribution is -2.40. The zero-order valence-corrected chi connectivity index (χ0v) is 14.2. The summed E-state index contributed by atoms with van der Waals surface area (Å²) in [5, 5.41) is 0.702. The molecule has 0 aromatic heterocycles. The lowest BCUT2D eigenvalue weighted by Gasteiger charge is -2.27. The van der Waals surface area contributed by atoms with Crippen molar-refractivity contribution >= 4 is 24.3 Å². The van der Waals surface area contributed by atoms with Gasteiger partial charge in [0.05, 0.1) is 12.6 Å². The highest BCUT2D eigenvalue weighted by Crippen LogP contribution is 2.35. The van der Waals surface area contributed by atoms with Gasteiger partial charge in [0.2, 0.25) is 0 Å². The second-order valence-corrected chi connectivity index (χ2v) is 6.50. The molecule has 5 nitrogen and oxygen atoms in total. The Morgan fingerprint density at radius 3 is 2.74 bits per heavy atom. The summed E-state index contributed by atoms with van der Waals surface area (Å²) in [4.78, 5) is 22.6. The Morgan fingerprint density at radius 2 is 2.13 bits per heavy atom. The largest absolute Gasteiger partial charge is 0.347 e. The zero-order chi connectivity index (χ0) is 17.0. The van der Waals surface area contributed by atoms with Crippen LogP contribution in [0.5, 0.6) is 0 Å². The van der Waals surface area contributed by atoms with Crippen molar-refractivity contribution in [1.82, 2.24) is 4.90 Å². The number of nitrogens with zero attached hydrogens (tertiary/aromatic N) is 1. The van der Waals surface area contributed by atoms with E-state index in [-0.39, 0.29) is 11.9 Å². The minimum atomic E-state index is -0.675. The van der Waals surface area contributed by atoms with Crippen molar-refractivity contribution in [1.29, 1.82) is 0 Å². The van der Waals surface area contributed by atoms with Crippen LogP contribution in [-0.2, 0) is 19.1 Å². The van der Waals surface area contributed by atoms with Crippen LogP contribution in [0.1, 0.15) is 38.3 Å². The first kappa shape index (κ1) is 17.9. The highest BCUT2D eigenvalue weighted by molar-refractivity contribution is 6.30. The number of hydrogen-bond donors (Lipinski definition) is 0. The van der Waals surface area contributed by atoms with Crippen molar-refractivity contribution in [2.75, 3.05) is 13.2 Å². The first-order valence-corrected chi connectivity index (χ1v) is 8.01. The molecule has 2 heterocycles. The van der Waals surface area contributed by atoms with E-state index in [0.29, 0.717) is 11.6 Å². The lowest BCUT2D eigenvalue weighted by molar-refractivity contribution is -0.160. The van der Waals surface area contributed by atoms with Crippen LogP contribution >= 0.6 is 11.6 Å². The molecule has 0 bridgehead atoms. The SMILES string of the molecule is C=O.CC1(C)OC[C@H](C(=O)N2CCCC2c2cccc(Cl)c2)O1. The van der Waals surface area contributed by atoms with Gasteiger partial charge >= 0.3 is 0 Å². The number of amides is 1. The van der Waals surface area contributed by atoms with Crippen LogP contribution in [0.15, 0.2) is 24.3 Å². The molecule has 1 aromatic rings. The van der Waals surface area contributed by atoms with E-state index < -0.39 is 11.9 Å². The molecule has 126 valence electrons. The van der Waals surface area contributed by atoms with Crippen LogP contribution < -0.4 is 0 Å². The van der Waals surface area contributed by atoms with Crippen molar-refractivity contribution in [2.24, 2.45) is 0 Å². The Hall–Kier alpha value is -1.43. The average Bonchev–Trinajstić information content (AvgIpc) is 3.15. The van der Waals surface area contributed by atoms with E-state index in [2.05, 4.69) is 0 Å². The summed E-state index contributed by atoms with van der Waals surface area (Å²) >= 11 is 6.07. The molecule has 1 amide bonds. The van der Waals surface area contributed by atoms with Gasteiger partial charge in [-0.2, -0.15) is 0 Å². The van der Waals surface area contributed by atoms with E-state index in [0.717, 1.165) is 24.9 Å². The molecule has 0 saturated carbocycles. The molecule has 6 heteroatoms. The van der Waals surface area contributed by atoms with Gasteiger partial charge in [-0.1, -0.05) is 23.7 Å². The molecule has 1 unspecified atom stereocenters. The third-order valence-electron chi connectivity index (χ3n) is 4.05. The number of benzene rings is 1. The molecule has 23 heavy (non-hydrogen) atoms. The molecule has 2 fully saturated rings. The number of rotatable bonds is 2. The minimum absolute atomic E-state index is 0.0167. The summed E-state index contributed by atoms with van der Waals surface area (Å²) in [6.45, 7) is 6.75. The monoisotopic (exact) mass is 339 g/mol. The summed E-state index contributed by atoms with van der Waals surface area (Å²) in [5.74, 6) is -0.658. The highest BCUT2D eigenvalue weighted by atomic mass is 35.5. The quantitative estimate of drug-likeness (QED) is 0.831. The van der Waals surface area contributed by atoms with Crippen molar-refractivity contribution < 1.29 is 19.1 Å². The van der Waals surface area contributed by atoms with E-state index in [1.165, 1.54) is 0 Å². The average molecular weight is 340 g/mol. The Labute approximate surface area is 141 Å². The normalized spacial score (nSPS) is 25.8. The number of carbonyl (C=O) groups is 2. The fourth-order valence-electron chi connectivity index (χ4n) is 3.08. The molecular weight excluding hydrogens is 318 g/mol. The first-order valence-electron chi connectivity index (χ1n) is 7.63. The maximum atomic E-state index is 12.7. The van der Waals surface area contributed by atoms with E-state index in [4.69, 9.17) is 25.9 Å². The Kier molecular flexibility index (Phi) is 5.79. The number of halogens is 1. The molecule has 2 aliphatic heterocycles. The van der Waals surface area contributed by atoms with Gasteiger partial charge in [-0.3, -0.25) is 4.79 Å². The maximum Gasteiger partial charge on any atom is 0.254 e. The van der Waals surface area contributed by atoms with E-state index in [1.807, 2.05) is 49.8 Å². The summed E-state index contributed by atoms with van der Waals surface area (Å²) < 4.78 is 11.2. The van der Waals surface area contributed by atoms with Gasteiger partial charge in [-0.25, -0.2) is 0 Å². The van der Waals surface area contributed by atoms with Crippen LogP contribution in [0.3, 0.4) is 0 Å². The summed E-state index contributed by atoms with van der Waals surface area (Å²) in [6, 6.07) is 7.83. The van der Waals surface area contributed by atoms with Crippen LogP contribution in [0.25, 0.3) is 0 Å². The second kappa shape index (κ2) is 7.43.